The number of carbonyl (C=O) groups excluding carboxylic acids is 1. The smallest absolute Gasteiger partial charge is 0.302 e. The summed E-state index contributed by atoms with van der Waals surface area (Å²) >= 11 is 5.95. The van der Waals surface area contributed by atoms with Gasteiger partial charge in [0.15, 0.2) is 12.3 Å². The summed E-state index contributed by atoms with van der Waals surface area (Å²) in [6.07, 6.45) is 0. The van der Waals surface area contributed by atoms with E-state index in [1.54, 1.807) is 29.8 Å². The lowest BCUT2D eigenvalue weighted by Gasteiger charge is -2.05. The highest BCUT2D eigenvalue weighted by Crippen LogP contribution is 2.38. The second kappa shape index (κ2) is 7.17. The van der Waals surface area contributed by atoms with E-state index in [4.69, 9.17) is 16.3 Å². The lowest BCUT2D eigenvalue weighted by atomic mass is 10.1. The van der Waals surface area contributed by atoms with Crippen molar-refractivity contribution in [3.05, 3.63) is 52.5 Å². The van der Waals surface area contributed by atoms with Crippen molar-refractivity contribution >= 4 is 34.1 Å². The third-order valence-corrected chi connectivity index (χ3v) is 4.48. The zero-order chi connectivity index (χ0) is 18.8. The van der Waals surface area contributed by atoms with Gasteiger partial charge in [-0.2, -0.15) is 0 Å². The maximum absolute atomic E-state index is 12.0. The van der Waals surface area contributed by atoms with E-state index in [2.05, 4.69) is 10.2 Å². The topological polar surface area (TPSA) is 76.2 Å². The minimum absolute atomic E-state index is 0.0450. The zero-order valence-corrected chi connectivity index (χ0v) is 15.4. The fourth-order valence-electron chi connectivity index (χ4n) is 2.61. The third kappa shape index (κ3) is 3.55. The number of fused-ring (bicyclic) bond motifs is 1. The fraction of sp³-hybridized carbons (Fsp3) is 0.211. The van der Waals surface area contributed by atoms with E-state index in [-0.39, 0.29) is 18.2 Å². The molecule has 0 spiro atoms. The molecule has 1 aromatic heterocycles. The predicted octanol–water partition coefficient (Wildman–Crippen LogP) is 4.84. The van der Waals surface area contributed by atoms with Crippen LogP contribution in [0.25, 0.3) is 10.9 Å². The standard InChI is InChI=1S/C19H18ClN3O3/c1-11-4-7-16-14(8-11)18(19(25)23(16)3)22-21-17(24)10-26-13-5-6-15(20)12(2)9-13/h4-9,25H,10H2,1-3H3. The van der Waals surface area contributed by atoms with Crippen LogP contribution in [0.4, 0.5) is 5.69 Å². The Bertz CT molecular complexity index is 1020. The van der Waals surface area contributed by atoms with Crippen molar-refractivity contribution in [2.24, 2.45) is 17.3 Å². The highest BCUT2D eigenvalue weighted by Gasteiger charge is 2.15. The summed E-state index contributed by atoms with van der Waals surface area (Å²) in [4.78, 5) is 12.0. The highest BCUT2D eigenvalue weighted by molar-refractivity contribution is 6.31. The van der Waals surface area contributed by atoms with Gasteiger partial charge in [-0.05, 0) is 49.7 Å². The van der Waals surface area contributed by atoms with E-state index in [1.807, 2.05) is 32.0 Å². The number of amides is 1. The summed E-state index contributed by atoms with van der Waals surface area (Å²) in [5, 5.41) is 19.2. The van der Waals surface area contributed by atoms with Crippen molar-refractivity contribution in [2.75, 3.05) is 6.61 Å². The molecule has 134 valence electrons. The van der Waals surface area contributed by atoms with Crippen molar-refractivity contribution in [1.82, 2.24) is 4.57 Å². The molecule has 0 aliphatic rings. The average Bonchev–Trinajstić information content (AvgIpc) is 2.84. The number of aromatic nitrogens is 1. The van der Waals surface area contributed by atoms with E-state index in [0.717, 1.165) is 22.0 Å². The molecule has 26 heavy (non-hydrogen) atoms. The van der Waals surface area contributed by atoms with Crippen LogP contribution in [-0.2, 0) is 11.8 Å². The van der Waals surface area contributed by atoms with Gasteiger partial charge < -0.3 is 14.4 Å². The molecule has 0 aliphatic heterocycles. The van der Waals surface area contributed by atoms with Gasteiger partial charge in [-0.15, -0.1) is 10.2 Å². The molecule has 0 aliphatic carbocycles. The molecule has 3 aromatic rings. The summed E-state index contributed by atoms with van der Waals surface area (Å²) in [5.74, 6) is -0.0721. The number of ether oxygens (including phenoxy) is 1. The first-order valence-corrected chi connectivity index (χ1v) is 8.36. The van der Waals surface area contributed by atoms with Crippen LogP contribution in [0.5, 0.6) is 11.6 Å². The maximum atomic E-state index is 12.0. The molecule has 1 heterocycles. The molecule has 1 amide bonds. The molecule has 0 unspecified atom stereocenters. The number of rotatable bonds is 4. The van der Waals surface area contributed by atoms with Crippen molar-refractivity contribution in [3.63, 3.8) is 0 Å². The quantitative estimate of drug-likeness (QED) is 0.666. The fourth-order valence-corrected chi connectivity index (χ4v) is 2.73. The Morgan fingerprint density at radius 3 is 2.73 bits per heavy atom. The summed E-state index contributed by atoms with van der Waals surface area (Å²) in [5.41, 5.74) is 2.95. The van der Waals surface area contributed by atoms with E-state index < -0.39 is 5.91 Å². The molecular formula is C19H18ClN3O3. The van der Waals surface area contributed by atoms with Crippen LogP contribution in [-0.4, -0.2) is 22.2 Å². The molecule has 0 atom stereocenters. The molecule has 0 saturated heterocycles. The van der Waals surface area contributed by atoms with Crippen LogP contribution in [0.15, 0.2) is 46.6 Å². The monoisotopic (exact) mass is 371 g/mol. The van der Waals surface area contributed by atoms with Crippen LogP contribution in [0, 0.1) is 13.8 Å². The van der Waals surface area contributed by atoms with Gasteiger partial charge in [0.1, 0.15) is 5.75 Å². The van der Waals surface area contributed by atoms with Gasteiger partial charge in [-0.25, -0.2) is 0 Å². The largest absolute Gasteiger partial charge is 0.493 e. The Morgan fingerprint density at radius 1 is 1.23 bits per heavy atom. The Balaban J connectivity index is 1.76. The number of aromatic hydroxyl groups is 1. The zero-order valence-electron chi connectivity index (χ0n) is 14.7. The number of aryl methyl sites for hydroxylation is 3. The summed E-state index contributed by atoms with van der Waals surface area (Å²) in [7, 11) is 1.72. The molecule has 2 aromatic carbocycles. The van der Waals surface area contributed by atoms with Crippen molar-refractivity contribution in [3.8, 4) is 11.6 Å². The van der Waals surface area contributed by atoms with E-state index in [1.165, 1.54) is 0 Å². The second-order valence-corrected chi connectivity index (χ2v) is 6.45. The number of halogens is 1. The molecule has 0 radical (unpaired) electrons. The van der Waals surface area contributed by atoms with Gasteiger partial charge in [0.25, 0.3) is 0 Å². The van der Waals surface area contributed by atoms with Gasteiger partial charge in [0.2, 0.25) is 5.88 Å². The lowest BCUT2D eigenvalue weighted by molar-refractivity contribution is -0.120. The number of hydrogen-bond acceptors (Lipinski definition) is 4. The SMILES string of the molecule is Cc1ccc2c(c1)c(N=NC(=O)COc1ccc(Cl)c(C)c1)c(O)n2C. The summed E-state index contributed by atoms with van der Waals surface area (Å²) in [6.45, 7) is 3.54. The molecule has 6 nitrogen and oxygen atoms in total. The van der Waals surface area contributed by atoms with Crippen LogP contribution < -0.4 is 4.74 Å². The first-order valence-electron chi connectivity index (χ1n) is 7.98. The van der Waals surface area contributed by atoms with Gasteiger partial charge in [-0.3, -0.25) is 4.79 Å². The normalized spacial score (nSPS) is 11.4. The average molecular weight is 372 g/mol. The molecule has 1 N–H and O–H groups in total. The Kier molecular flexibility index (Phi) is 4.95. The van der Waals surface area contributed by atoms with E-state index in [0.29, 0.717) is 10.8 Å². The van der Waals surface area contributed by atoms with Crippen molar-refractivity contribution < 1.29 is 14.6 Å². The molecule has 0 bridgehead atoms. The first-order chi connectivity index (χ1) is 12.4. The number of hydrogen-bond donors (Lipinski definition) is 1. The molecular weight excluding hydrogens is 354 g/mol. The minimum atomic E-state index is -0.554. The van der Waals surface area contributed by atoms with Gasteiger partial charge in [-0.1, -0.05) is 23.2 Å². The van der Waals surface area contributed by atoms with Crippen molar-refractivity contribution in [2.45, 2.75) is 13.8 Å². The minimum Gasteiger partial charge on any atom is -0.493 e. The number of carbonyl (C=O) groups is 1. The predicted molar refractivity (Wildman–Crippen MR) is 101 cm³/mol. The van der Waals surface area contributed by atoms with Crippen LogP contribution >= 0.6 is 11.6 Å². The highest BCUT2D eigenvalue weighted by atomic mass is 35.5. The summed E-state index contributed by atoms with van der Waals surface area (Å²) in [6, 6.07) is 10.8. The molecule has 0 fully saturated rings. The van der Waals surface area contributed by atoms with Crippen LogP contribution in [0.3, 0.4) is 0 Å². The lowest BCUT2D eigenvalue weighted by Crippen LogP contribution is -2.07. The number of benzene rings is 2. The molecule has 3 rings (SSSR count). The number of nitrogens with zero attached hydrogens (tertiary/aromatic N) is 3. The first kappa shape index (κ1) is 17.9. The third-order valence-electron chi connectivity index (χ3n) is 4.05. The van der Waals surface area contributed by atoms with Gasteiger partial charge in [0.05, 0.1) is 5.52 Å². The molecule has 0 saturated carbocycles. The Labute approximate surface area is 155 Å². The van der Waals surface area contributed by atoms with Crippen molar-refractivity contribution in [1.29, 1.82) is 0 Å². The van der Waals surface area contributed by atoms with Gasteiger partial charge >= 0.3 is 5.91 Å². The van der Waals surface area contributed by atoms with E-state index in [9.17, 15) is 9.90 Å². The maximum Gasteiger partial charge on any atom is 0.302 e. The van der Waals surface area contributed by atoms with Crippen LogP contribution in [0.1, 0.15) is 11.1 Å². The Hall–Kier alpha value is -2.86. The number of azo groups is 1. The van der Waals surface area contributed by atoms with Gasteiger partial charge in [0, 0.05) is 17.5 Å². The Morgan fingerprint density at radius 2 is 2.00 bits per heavy atom. The second-order valence-electron chi connectivity index (χ2n) is 6.05. The summed E-state index contributed by atoms with van der Waals surface area (Å²) < 4.78 is 7.00. The van der Waals surface area contributed by atoms with E-state index >= 15 is 0 Å². The van der Waals surface area contributed by atoms with Crippen LogP contribution in [0.2, 0.25) is 5.02 Å². The molecule has 7 heteroatoms.